The summed E-state index contributed by atoms with van der Waals surface area (Å²) in [6.45, 7) is 7.79. The Morgan fingerprint density at radius 3 is 2.28 bits per heavy atom. The van der Waals surface area contributed by atoms with Crippen LogP contribution in [0.25, 0.3) is 11.3 Å². The molecule has 0 saturated heterocycles. The van der Waals surface area contributed by atoms with Gasteiger partial charge in [0.2, 0.25) is 0 Å². The van der Waals surface area contributed by atoms with Gasteiger partial charge < -0.3 is 9.64 Å². The molecule has 4 aromatic rings. The smallest absolute Gasteiger partial charge is 0.186 e. The summed E-state index contributed by atoms with van der Waals surface area (Å²) in [6, 6.07) is 26.7. The number of allylic oxidation sites excluding steroid dienone is 1. The lowest BCUT2D eigenvalue weighted by molar-refractivity contribution is 0.306. The number of rotatable bonds is 14. The van der Waals surface area contributed by atoms with Crippen molar-refractivity contribution in [2.75, 3.05) is 23.5 Å². The van der Waals surface area contributed by atoms with E-state index in [1.54, 1.807) is 11.3 Å². The summed E-state index contributed by atoms with van der Waals surface area (Å²) >= 11 is 1.58. The molecule has 204 valence electrons. The highest BCUT2D eigenvalue weighted by Crippen LogP contribution is 2.29. The predicted octanol–water partition coefficient (Wildman–Crippen LogP) is 7.34. The summed E-state index contributed by atoms with van der Waals surface area (Å²) < 4.78 is 29.4. The number of thiazole rings is 1. The molecule has 0 saturated carbocycles. The van der Waals surface area contributed by atoms with E-state index >= 15 is 0 Å². The van der Waals surface area contributed by atoms with Gasteiger partial charge in [-0.3, -0.25) is 0 Å². The monoisotopic (exact) mass is 560 g/mol. The third-order valence-electron chi connectivity index (χ3n) is 6.34. The summed E-state index contributed by atoms with van der Waals surface area (Å²) in [7, 11) is -3.02. The van der Waals surface area contributed by atoms with Crippen LogP contribution in [-0.4, -0.2) is 32.0 Å². The average Bonchev–Trinajstić information content (AvgIpc) is 3.42. The molecule has 0 amide bonds. The van der Waals surface area contributed by atoms with Gasteiger partial charge in [-0.15, -0.1) is 17.9 Å². The van der Waals surface area contributed by atoms with Crippen molar-refractivity contribution in [1.82, 2.24) is 4.98 Å². The number of aromatic nitrogens is 1. The molecule has 0 aliphatic rings. The first-order valence-corrected chi connectivity index (χ1v) is 16.1. The van der Waals surface area contributed by atoms with E-state index in [9.17, 15) is 8.42 Å². The zero-order chi connectivity index (χ0) is 27.7. The maximum Gasteiger partial charge on any atom is 0.186 e. The normalized spacial score (nSPS) is 11.3. The highest BCUT2D eigenvalue weighted by atomic mass is 32.2. The Kier molecular flexibility index (Phi) is 9.96. The van der Waals surface area contributed by atoms with E-state index in [4.69, 9.17) is 9.72 Å². The molecular weight excluding hydrogens is 524 g/mol. The summed E-state index contributed by atoms with van der Waals surface area (Å²) in [5, 5.41) is 2.95. The van der Waals surface area contributed by atoms with Crippen LogP contribution < -0.4 is 9.64 Å². The fraction of sp³-hybridized carbons (Fsp3) is 0.281. The first-order valence-electron chi connectivity index (χ1n) is 13.1. The van der Waals surface area contributed by atoms with Crippen molar-refractivity contribution in [3.05, 3.63) is 113 Å². The molecule has 4 rings (SSSR count). The van der Waals surface area contributed by atoms with E-state index < -0.39 is 9.84 Å². The van der Waals surface area contributed by atoms with E-state index in [0.717, 1.165) is 46.1 Å². The second kappa shape index (κ2) is 13.6. The number of aryl methyl sites for hydroxylation is 1. The largest absolute Gasteiger partial charge is 0.489 e. The van der Waals surface area contributed by atoms with Crippen molar-refractivity contribution >= 4 is 26.3 Å². The Bertz CT molecular complexity index is 1450. The zero-order valence-corrected chi connectivity index (χ0v) is 24.3. The highest BCUT2D eigenvalue weighted by Gasteiger charge is 2.14. The highest BCUT2D eigenvalue weighted by molar-refractivity contribution is 7.90. The topological polar surface area (TPSA) is 59.5 Å². The van der Waals surface area contributed by atoms with Crippen LogP contribution in [0.1, 0.15) is 36.5 Å². The molecule has 0 aliphatic heterocycles. The van der Waals surface area contributed by atoms with Crippen LogP contribution in [0.2, 0.25) is 0 Å². The van der Waals surface area contributed by atoms with Gasteiger partial charge in [-0.2, -0.15) is 0 Å². The number of hydrogen-bond acceptors (Lipinski definition) is 6. The van der Waals surface area contributed by atoms with E-state index in [0.29, 0.717) is 26.1 Å². The lowest BCUT2D eigenvalue weighted by Gasteiger charge is -2.22. The van der Waals surface area contributed by atoms with Crippen molar-refractivity contribution in [2.45, 2.75) is 39.3 Å². The van der Waals surface area contributed by atoms with Crippen molar-refractivity contribution < 1.29 is 13.2 Å². The number of ether oxygens (including phenoxy) is 1. The average molecular weight is 561 g/mol. The molecular formula is C32H36N2O3S2. The van der Waals surface area contributed by atoms with Crippen LogP contribution in [0.15, 0.2) is 96.4 Å². The number of nitrogens with zero attached hydrogens (tertiary/aromatic N) is 2. The number of anilines is 1. The van der Waals surface area contributed by atoms with Gasteiger partial charge in [0.25, 0.3) is 0 Å². The molecule has 0 atom stereocenters. The van der Waals surface area contributed by atoms with E-state index in [2.05, 4.69) is 60.2 Å². The van der Waals surface area contributed by atoms with Crippen molar-refractivity contribution in [3.63, 3.8) is 0 Å². The number of benzene rings is 3. The first-order chi connectivity index (χ1) is 18.7. The molecule has 1 heterocycles. The van der Waals surface area contributed by atoms with Gasteiger partial charge in [-0.25, -0.2) is 13.4 Å². The standard InChI is InChI=1S/C32H36N2O3S2/c1-25(2)10-11-26-16-18-30(19-17-26)37-23-28-14-12-27(13-15-28)22-34(20-7-21-39(3,35)36)32-33-31(24-38-32)29-8-5-4-6-9-29/h4-6,8-9,12-19,24H,1,7,10-11,20-23H2,2-3H3. The molecule has 0 unspecified atom stereocenters. The summed E-state index contributed by atoms with van der Waals surface area (Å²) in [5.41, 5.74) is 6.71. The minimum absolute atomic E-state index is 0.158. The maximum absolute atomic E-state index is 11.7. The fourth-order valence-corrected chi connectivity index (χ4v) is 5.66. The van der Waals surface area contributed by atoms with E-state index in [1.807, 2.05) is 42.5 Å². The van der Waals surface area contributed by atoms with Crippen molar-refractivity contribution in [2.24, 2.45) is 0 Å². The SMILES string of the molecule is C=C(C)CCc1ccc(OCc2ccc(CN(CCCS(C)(=O)=O)c3nc(-c4ccccc4)cs3)cc2)cc1. The van der Waals surface area contributed by atoms with Crippen LogP contribution in [0, 0.1) is 0 Å². The minimum atomic E-state index is -3.02. The van der Waals surface area contributed by atoms with Crippen molar-refractivity contribution in [1.29, 1.82) is 0 Å². The van der Waals surface area contributed by atoms with Gasteiger partial charge >= 0.3 is 0 Å². The van der Waals surface area contributed by atoms with Crippen LogP contribution in [-0.2, 0) is 29.4 Å². The molecule has 7 heteroatoms. The summed E-state index contributed by atoms with van der Waals surface area (Å²) in [6.07, 6.45) is 3.83. The summed E-state index contributed by atoms with van der Waals surface area (Å²) in [4.78, 5) is 7.04. The zero-order valence-electron chi connectivity index (χ0n) is 22.7. The Morgan fingerprint density at radius 1 is 0.949 bits per heavy atom. The second-order valence-electron chi connectivity index (χ2n) is 9.99. The third-order valence-corrected chi connectivity index (χ3v) is 8.27. The van der Waals surface area contributed by atoms with Gasteiger partial charge in [0.1, 0.15) is 22.2 Å². The van der Waals surface area contributed by atoms with Crippen LogP contribution >= 0.6 is 11.3 Å². The van der Waals surface area contributed by atoms with Gasteiger partial charge in [-0.1, -0.05) is 72.3 Å². The molecule has 5 nitrogen and oxygen atoms in total. The van der Waals surface area contributed by atoms with Gasteiger partial charge in [-0.05, 0) is 55.0 Å². The number of hydrogen-bond donors (Lipinski definition) is 0. The fourth-order valence-electron chi connectivity index (χ4n) is 4.15. The Morgan fingerprint density at radius 2 is 1.62 bits per heavy atom. The molecule has 39 heavy (non-hydrogen) atoms. The molecule has 0 spiro atoms. The lowest BCUT2D eigenvalue weighted by atomic mass is 10.1. The second-order valence-corrected chi connectivity index (χ2v) is 13.1. The van der Waals surface area contributed by atoms with Gasteiger partial charge in [0, 0.05) is 30.3 Å². The van der Waals surface area contributed by atoms with Crippen LogP contribution in [0.4, 0.5) is 5.13 Å². The quantitative estimate of drug-likeness (QED) is 0.151. The molecule has 0 N–H and O–H groups in total. The third kappa shape index (κ3) is 9.37. The van der Waals surface area contributed by atoms with Gasteiger partial charge in [0.05, 0.1) is 11.4 Å². The van der Waals surface area contributed by atoms with Crippen LogP contribution in [0.3, 0.4) is 0 Å². The van der Waals surface area contributed by atoms with Crippen LogP contribution in [0.5, 0.6) is 5.75 Å². The molecule has 0 aliphatic carbocycles. The molecule has 0 bridgehead atoms. The Balaban J connectivity index is 1.38. The molecule has 1 aromatic heterocycles. The molecule has 3 aromatic carbocycles. The Hall–Kier alpha value is -3.42. The van der Waals surface area contributed by atoms with E-state index in [-0.39, 0.29) is 5.75 Å². The first kappa shape index (κ1) is 28.6. The molecule has 0 fully saturated rings. The van der Waals surface area contributed by atoms with Crippen molar-refractivity contribution in [3.8, 4) is 17.0 Å². The number of sulfone groups is 1. The molecule has 0 radical (unpaired) electrons. The summed E-state index contributed by atoms with van der Waals surface area (Å²) in [5.74, 6) is 1.01. The minimum Gasteiger partial charge on any atom is -0.489 e. The lowest BCUT2D eigenvalue weighted by Crippen LogP contribution is -2.25. The Labute approximate surface area is 236 Å². The predicted molar refractivity (Wildman–Crippen MR) is 163 cm³/mol. The van der Waals surface area contributed by atoms with E-state index in [1.165, 1.54) is 17.4 Å². The van der Waals surface area contributed by atoms with Gasteiger partial charge in [0.15, 0.2) is 5.13 Å². The maximum atomic E-state index is 11.7.